The van der Waals surface area contributed by atoms with E-state index in [0.717, 1.165) is 4.68 Å². The van der Waals surface area contributed by atoms with E-state index in [1.54, 1.807) is 12.1 Å². The molecule has 1 amide bonds. The number of hydrogen-bond acceptors (Lipinski definition) is 7. The number of nitrogens with one attached hydrogen (secondary N) is 1. The fourth-order valence-corrected chi connectivity index (χ4v) is 4.63. The molecule has 0 bridgehead atoms. The van der Waals surface area contributed by atoms with Crippen LogP contribution in [0, 0.1) is 5.82 Å². The van der Waals surface area contributed by atoms with Gasteiger partial charge in [0, 0.05) is 25.2 Å². The van der Waals surface area contributed by atoms with Crippen LogP contribution in [0.3, 0.4) is 0 Å². The molecule has 1 fully saturated rings. The molecule has 1 saturated heterocycles. The molecule has 0 spiro atoms. The predicted molar refractivity (Wildman–Crippen MR) is 114 cm³/mol. The van der Waals surface area contributed by atoms with Crippen LogP contribution in [0.2, 0.25) is 0 Å². The van der Waals surface area contributed by atoms with Crippen molar-refractivity contribution in [2.45, 2.75) is 18.0 Å². The lowest BCUT2D eigenvalue weighted by molar-refractivity contribution is -0.122. The number of rotatable bonds is 7. The second kappa shape index (κ2) is 9.65. The van der Waals surface area contributed by atoms with Gasteiger partial charge >= 0.3 is 5.76 Å². The van der Waals surface area contributed by atoms with Gasteiger partial charge in [0.2, 0.25) is 21.8 Å². The van der Waals surface area contributed by atoms with Crippen LogP contribution in [0.15, 0.2) is 62.6 Å². The van der Waals surface area contributed by atoms with E-state index in [1.807, 2.05) is 0 Å². The number of sulfonamides is 1. The lowest BCUT2D eigenvalue weighted by Crippen LogP contribution is -2.40. The third kappa shape index (κ3) is 5.35. The molecule has 174 valence electrons. The van der Waals surface area contributed by atoms with Gasteiger partial charge in [0.25, 0.3) is 0 Å². The minimum atomic E-state index is -3.59. The summed E-state index contributed by atoms with van der Waals surface area (Å²) in [6.07, 6.45) is 0. The summed E-state index contributed by atoms with van der Waals surface area (Å²) in [5, 5.41) is 6.61. The van der Waals surface area contributed by atoms with Crippen LogP contribution in [0.25, 0.3) is 11.5 Å². The monoisotopic (exact) mass is 476 g/mol. The quantitative estimate of drug-likeness (QED) is 0.539. The Morgan fingerprint density at radius 2 is 1.73 bits per heavy atom. The molecule has 0 atom stereocenters. The van der Waals surface area contributed by atoms with Crippen molar-refractivity contribution in [1.82, 2.24) is 19.4 Å². The zero-order valence-corrected chi connectivity index (χ0v) is 18.3. The largest absolute Gasteiger partial charge is 0.437 e. The first-order valence-electron chi connectivity index (χ1n) is 10.1. The molecule has 1 N–H and O–H groups in total. The van der Waals surface area contributed by atoms with Crippen LogP contribution in [0.4, 0.5) is 4.39 Å². The van der Waals surface area contributed by atoms with E-state index >= 15 is 0 Å². The maximum absolute atomic E-state index is 13.0. The van der Waals surface area contributed by atoms with Crippen molar-refractivity contribution >= 4 is 15.9 Å². The van der Waals surface area contributed by atoms with Crippen LogP contribution < -0.4 is 11.1 Å². The van der Waals surface area contributed by atoms with Crippen molar-refractivity contribution in [3.05, 3.63) is 70.5 Å². The topological polar surface area (TPSA) is 124 Å². The van der Waals surface area contributed by atoms with Crippen molar-refractivity contribution in [3.8, 4) is 11.5 Å². The lowest BCUT2D eigenvalue weighted by Gasteiger charge is -2.26. The molecular formula is C21H21FN4O6S. The highest BCUT2D eigenvalue weighted by atomic mass is 32.2. The fourth-order valence-electron chi connectivity index (χ4n) is 3.22. The first kappa shape index (κ1) is 22.8. The van der Waals surface area contributed by atoms with E-state index in [9.17, 15) is 22.4 Å². The Labute approximate surface area is 188 Å². The Bertz CT molecular complexity index is 1280. The van der Waals surface area contributed by atoms with Crippen LogP contribution in [0.1, 0.15) is 5.56 Å². The van der Waals surface area contributed by atoms with Gasteiger partial charge in [0.05, 0.1) is 18.1 Å². The summed E-state index contributed by atoms with van der Waals surface area (Å²) in [5.74, 6) is -1.76. The number of nitrogens with zero attached hydrogens (tertiary/aromatic N) is 3. The molecular weight excluding hydrogens is 455 g/mol. The summed E-state index contributed by atoms with van der Waals surface area (Å²) in [7, 11) is -3.59. The molecule has 12 heteroatoms. The van der Waals surface area contributed by atoms with Crippen molar-refractivity contribution in [3.63, 3.8) is 0 Å². The standard InChI is InChI=1S/C21H21FN4O6S/c22-17-5-3-16(4-6-17)20-24-26(21(28)32-20)14-19(27)23-13-15-1-7-18(8-2-15)33(29,30)25-9-11-31-12-10-25/h1-8H,9-14H2,(H,23,27). The van der Waals surface area contributed by atoms with Gasteiger partial charge in [-0.2, -0.15) is 8.99 Å². The summed E-state index contributed by atoms with van der Waals surface area (Å²) in [6.45, 7) is 1.11. The average Bonchev–Trinajstić information content (AvgIpc) is 3.19. The summed E-state index contributed by atoms with van der Waals surface area (Å²) < 4.78 is 50.8. The molecule has 1 aliphatic rings. The summed E-state index contributed by atoms with van der Waals surface area (Å²) in [5.41, 5.74) is 1.09. The second-order valence-corrected chi connectivity index (χ2v) is 9.21. The first-order chi connectivity index (χ1) is 15.8. The van der Waals surface area contributed by atoms with E-state index in [-0.39, 0.29) is 23.9 Å². The normalized spacial score (nSPS) is 14.8. The lowest BCUT2D eigenvalue weighted by atomic mass is 10.2. The number of amides is 1. The number of ether oxygens (including phenoxy) is 1. The molecule has 1 aromatic heterocycles. The highest BCUT2D eigenvalue weighted by Crippen LogP contribution is 2.18. The van der Waals surface area contributed by atoms with Crippen molar-refractivity contribution < 1.29 is 26.8 Å². The van der Waals surface area contributed by atoms with E-state index in [4.69, 9.17) is 9.15 Å². The van der Waals surface area contributed by atoms with Crippen LogP contribution >= 0.6 is 0 Å². The van der Waals surface area contributed by atoms with E-state index in [1.165, 1.54) is 40.7 Å². The van der Waals surface area contributed by atoms with Gasteiger partial charge in [-0.3, -0.25) is 4.79 Å². The fraction of sp³-hybridized carbons (Fsp3) is 0.286. The minimum Gasteiger partial charge on any atom is -0.388 e. The second-order valence-electron chi connectivity index (χ2n) is 7.27. The van der Waals surface area contributed by atoms with Gasteiger partial charge < -0.3 is 14.5 Å². The summed E-state index contributed by atoms with van der Waals surface area (Å²) in [6, 6.07) is 11.4. The van der Waals surface area contributed by atoms with Crippen molar-refractivity contribution in [2.75, 3.05) is 26.3 Å². The molecule has 2 heterocycles. The number of carbonyl (C=O) groups is 1. The Morgan fingerprint density at radius 3 is 2.39 bits per heavy atom. The van der Waals surface area contributed by atoms with Crippen LogP contribution in [-0.4, -0.2) is 54.7 Å². The molecule has 2 aromatic carbocycles. The zero-order chi connectivity index (χ0) is 23.4. The van der Waals surface area contributed by atoms with Crippen LogP contribution in [0.5, 0.6) is 0 Å². The Balaban J connectivity index is 1.35. The van der Waals surface area contributed by atoms with Gasteiger partial charge in [-0.1, -0.05) is 12.1 Å². The van der Waals surface area contributed by atoms with Gasteiger partial charge in [-0.15, -0.1) is 5.10 Å². The van der Waals surface area contributed by atoms with Gasteiger partial charge in [0.15, 0.2) is 0 Å². The molecule has 0 aliphatic carbocycles. The Kier molecular flexibility index (Phi) is 6.67. The molecule has 1 aliphatic heterocycles. The van der Waals surface area contributed by atoms with E-state index in [0.29, 0.717) is 37.4 Å². The summed E-state index contributed by atoms with van der Waals surface area (Å²) >= 11 is 0. The molecule has 0 saturated carbocycles. The minimum absolute atomic E-state index is 0.0233. The van der Waals surface area contributed by atoms with Gasteiger partial charge in [-0.05, 0) is 42.0 Å². The molecule has 0 radical (unpaired) electrons. The Hall–Kier alpha value is -3.35. The van der Waals surface area contributed by atoms with Gasteiger partial charge in [0.1, 0.15) is 12.4 Å². The van der Waals surface area contributed by atoms with Gasteiger partial charge in [-0.25, -0.2) is 17.6 Å². The highest BCUT2D eigenvalue weighted by Gasteiger charge is 2.26. The number of aromatic nitrogens is 2. The van der Waals surface area contributed by atoms with Crippen molar-refractivity contribution in [2.24, 2.45) is 0 Å². The molecule has 4 rings (SSSR count). The number of carbonyl (C=O) groups excluding carboxylic acids is 1. The maximum atomic E-state index is 13.0. The van der Waals surface area contributed by atoms with E-state index in [2.05, 4.69) is 10.4 Å². The molecule has 3 aromatic rings. The number of benzene rings is 2. The highest BCUT2D eigenvalue weighted by molar-refractivity contribution is 7.89. The number of halogens is 1. The third-order valence-corrected chi connectivity index (χ3v) is 6.92. The smallest absolute Gasteiger partial charge is 0.388 e. The SMILES string of the molecule is O=C(Cn1nc(-c2ccc(F)cc2)oc1=O)NCc1ccc(S(=O)(=O)N2CCOCC2)cc1. The predicted octanol–water partition coefficient (Wildman–Crippen LogP) is 0.980. The average molecular weight is 476 g/mol. The molecule has 10 nitrogen and oxygen atoms in total. The molecule has 0 unspecified atom stereocenters. The third-order valence-electron chi connectivity index (χ3n) is 5.01. The number of hydrogen-bond donors (Lipinski definition) is 1. The van der Waals surface area contributed by atoms with E-state index < -0.39 is 27.5 Å². The summed E-state index contributed by atoms with van der Waals surface area (Å²) in [4.78, 5) is 24.4. The Morgan fingerprint density at radius 1 is 1.06 bits per heavy atom. The first-order valence-corrected chi connectivity index (χ1v) is 11.5. The number of morpholine rings is 1. The van der Waals surface area contributed by atoms with Crippen LogP contribution in [-0.2, 0) is 32.6 Å². The zero-order valence-electron chi connectivity index (χ0n) is 17.4. The van der Waals surface area contributed by atoms with Crippen molar-refractivity contribution in [1.29, 1.82) is 0 Å². The molecule has 33 heavy (non-hydrogen) atoms. The maximum Gasteiger partial charge on any atom is 0.437 e.